The molecule has 6 rings (SSSR count). The molecule has 0 aromatic carbocycles. The van der Waals surface area contributed by atoms with E-state index in [1.54, 1.807) is 11.0 Å². The summed E-state index contributed by atoms with van der Waals surface area (Å²) in [6.45, 7) is 10.6. The van der Waals surface area contributed by atoms with Gasteiger partial charge in [0.1, 0.15) is 5.69 Å². The van der Waals surface area contributed by atoms with Gasteiger partial charge in [-0.05, 0) is 71.6 Å². The molecule has 1 unspecified atom stereocenters. The van der Waals surface area contributed by atoms with E-state index in [0.29, 0.717) is 35.8 Å². The molecule has 10 heteroatoms. The molecule has 0 spiro atoms. The molecule has 3 aliphatic rings. The molecule has 0 N–H and O–H groups in total. The van der Waals surface area contributed by atoms with Gasteiger partial charge in [-0.2, -0.15) is 9.49 Å². The molecule has 5 heterocycles. The number of hydrogen-bond acceptors (Lipinski definition) is 6. The highest BCUT2D eigenvalue weighted by atomic mass is 32.1. The van der Waals surface area contributed by atoms with E-state index in [0.717, 1.165) is 29.0 Å². The lowest BCUT2D eigenvalue weighted by atomic mass is 9.85. The Balaban J connectivity index is 1.36. The zero-order valence-electron chi connectivity index (χ0n) is 20.1. The van der Waals surface area contributed by atoms with Crippen molar-refractivity contribution in [3.8, 4) is 0 Å². The van der Waals surface area contributed by atoms with Crippen LogP contribution in [0.4, 0.5) is 4.39 Å². The molecule has 1 atom stereocenters. The Kier molecular flexibility index (Phi) is 4.80. The maximum atomic E-state index is 13.8. The van der Waals surface area contributed by atoms with Gasteiger partial charge in [0.15, 0.2) is 10.8 Å². The highest BCUT2D eigenvalue weighted by Crippen LogP contribution is 2.41. The lowest BCUT2D eigenvalue weighted by Gasteiger charge is -2.33. The lowest BCUT2D eigenvalue weighted by molar-refractivity contribution is 0.00578. The fourth-order valence-electron chi connectivity index (χ4n) is 4.84. The quantitative estimate of drug-likeness (QED) is 0.531. The van der Waals surface area contributed by atoms with Gasteiger partial charge in [0.05, 0.1) is 22.8 Å². The molecule has 7 nitrogen and oxygen atoms in total. The van der Waals surface area contributed by atoms with E-state index >= 15 is 0 Å². The first-order chi connectivity index (χ1) is 16.0. The van der Waals surface area contributed by atoms with Gasteiger partial charge in [-0.15, -0.1) is 11.3 Å². The van der Waals surface area contributed by atoms with Crippen molar-refractivity contribution in [3.63, 3.8) is 0 Å². The third kappa shape index (κ3) is 3.41. The largest absolute Gasteiger partial charge is 0.516 e. The van der Waals surface area contributed by atoms with Crippen molar-refractivity contribution in [2.75, 3.05) is 6.54 Å². The van der Waals surface area contributed by atoms with Gasteiger partial charge in [0.25, 0.3) is 5.91 Å². The molecule has 1 saturated heterocycles. The molecule has 1 amide bonds. The van der Waals surface area contributed by atoms with Gasteiger partial charge >= 0.3 is 7.12 Å². The Labute approximate surface area is 202 Å². The number of hydrogen-bond donors (Lipinski definition) is 0. The van der Waals surface area contributed by atoms with Gasteiger partial charge in [0, 0.05) is 29.1 Å². The molecule has 3 aromatic rings. The molecular weight excluding hydrogens is 454 g/mol. The molecule has 0 radical (unpaired) electrons. The van der Waals surface area contributed by atoms with Gasteiger partial charge in [-0.1, -0.05) is 0 Å². The van der Waals surface area contributed by atoms with Crippen molar-refractivity contribution in [2.24, 2.45) is 0 Å². The average Bonchev–Trinajstić information content (AvgIpc) is 3.32. The van der Waals surface area contributed by atoms with E-state index in [1.807, 2.05) is 51.3 Å². The van der Waals surface area contributed by atoms with Crippen molar-refractivity contribution in [1.82, 2.24) is 19.5 Å². The maximum Gasteiger partial charge on any atom is 0.516 e. The summed E-state index contributed by atoms with van der Waals surface area (Å²) in [5.74, 6) is 0.229. The SMILES string of the molecule is CC1c2cc(F)sc2CCN1C(=O)c1cc(C2CC2)n2nc(B3OC(C)(C)C(C)(C)O3)cc2n1. The van der Waals surface area contributed by atoms with Crippen LogP contribution in [0.15, 0.2) is 18.2 Å². The number of rotatable bonds is 3. The molecule has 178 valence electrons. The summed E-state index contributed by atoms with van der Waals surface area (Å²) >= 11 is 1.18. The van der Waals surface area contributed by atoms with Gasteiger partial charge in [0.2, 0.25) is 0 Å². The minimum Gasteiger partial charge on any atom is -0.398 e. The highest BCUT2D eigenvalue weighted by molar-refractivity contribution is 7.10. The molecule has 1 saturated carbocycles. The van der Waals surface area contributed by atoms with Crippen LogP contribution >= 0.6 is 11.3 Å². The third-order valence-corrected chi connectivity index (χ3v) is 8.75. The fourth-order valence-corrected chi connectivity index (χ4v) is 5.80. The zero-order valence-corrected chi connectivity index (χ0v) is 20.9. The predicted octanol–water partition coefficient (Wildman–Crippen LogP) is 3.87. The number of nitrogens with zero attached hydrogens (tertiary/aromatic N) is 4. The maximum absolute atomic E-state index is 13.8. The topological polar surface area (TPSA) is 69.0 Å². The average molecular weight is 482 g/mol. The van der Waals surface area contributed by atoms with Crippen molar-refractivity contribution in [1.29, 1.82) is 0 Å². The summed E-state index contributed by atoms with van der Waals surface area (Å²) in [6.07, 6.45) is 2.79. The molecule has 1 aliphatic carbocycles. The lowest BCUT2D eigenvalue weighted by Crippen LogP contribution is -2.41. The van der Waals surface area contributed by atoms with Crippen molar-refractivity contribution in [2.45, 2.75) is 77.0 Å². The Morgan fingerprint density at radius 3 is 2.56 bits per heavy atom. The van der Waals surface area contributed by atoms with Crippen LogP contribution in [-0.4, -0.2) is 50.3 Å². The number of carbonyl (C=O) groups excluding carboxylic acids is 1. The fraction of sp³-hybridized carbons (Fsp3) is 0.542. The van der Waals surface area contributed by atoms with Crippen LogP contribution < -0.4 is 5.59 Å². The molecule has 34 heavy (non-hydrogen) atoms. The summed E-state index contributed by atoms with van der Waals surface area (Å²) in [7, 11) is -0.591. The summed E-state index contributed by atoms with van der Waals surface area (Å²) in [5, 5.41) is 4.59. The van der Waals surface area contributed by atoms with Crippen LogP contribution in [0.2, 0.25) is 0 Å². The van der Waals surface area contributed by atoms with Crippen LogP contribution in [-0.2, 0) is 15.7 Å². The van der Waals surface area contributed by atoms with Crippen LogP contribution in [0.25, 0.3) is 5.65 Å². The summed E-state index contributed by atoms with van der Waals surface area (Å²) in [4.78, 5) is 21.1. The number of thiophene rings is 1. The minimum atomic E-state index is -0.591. The van der Waals surface area contributed by atoms with Gasteiger partial charge < -0.3 is 14.2 Å². The Morgan fingerprint density at radius 1 is 1.18 bits per heavy atom. The Morgan fingerprint density at radius 2 is 1.88 bits per heavy atom. The summed E-state index contributed by atoms with van der Waals surface area (Å²) in [6, 6.07) is 5.11. The first kappa shape index (κ1) is 22.2. The molecule has 2 fully saturated rings. The van der Waals surface area contributed by atoms with Gasteiger partial charge in [-0.25, -0.2) is 9.50 Å². The van der Waals surface area contributed by atoms with Crippen molar-refractivity contribution < 1.29 is 18.5 Å². The van der Waals surface area contributed by atoms with E-state index < -0.39 is 18.3 Å². The van der Waals surface area contributed by atoms with E-state index in [-0.39, 0.29) is 17.1 Å². The molecule has 2 aliphatic heterocycles. The first-order valence-corrected chi connectivity index (χ1v) is 12.7. The van der Waals surface area contributed by atoms with E-state index in [9.17, 15) is 9.18 Å². The second-order valence-electron chi connectivity index (χ2n) is 10.6. The molecular formula is C24H28BFN4O3S. The van der Waals surface area contributed by atoms with Crippen LogP contribution in [0, 0.1) is 5.13 Å². The predicted molar refractivity (Wildman–Crippen MR) is 128 cm³/mol. The van der Waals surface area contributed by atoms with Crippen LogP contribution in [0.3, 0.4) is 0 Å². The number of fused-ring (bicyclic) bond motifs is 2. The highest BCUT2D eigenvalue weighted by Gasteiger charge is 2.53. The monoisotopic (exact) mass is 482 g/mol. The smallest absolute Gasteiger partial charge is 0.398 e. The van der Waals surface area contributed by atoms with E-state index in [4.69, 9.17) is 19.4 Å². The zero-order chi connectivity index (χ0) is 24.0. The number of amides is 1. The number of carbonyl (C=O) groups is 1. The van der Waals surface area contributed by atoms with Crippen molar-refractivity contribution in [3.05, 3.63) is 45.2 Å². The van der Waals surface area contributed by atoms with Crippen molar-refractivity contribution >= 4 is 35.6 Å². The molecule has 3 aromatic heterocycles. The Bertz CT molecular complexity index is 1300. The van der Waals surface area contributed by atoms with Gasteiger partial charge in [-0.3, -0.25) is 4.79 Å². The van der Waals surface area contributed by atoms with Crippen LogP contribution in [0.1, 0.15) is 86.0 Å². The summed E-state index contributed by atoms with van der Waals surface area (Å²) in [5.41, 5.74) is 2.63. The standard InChI is InChI=1S/C24H28BFN4O3S/c1-13-15-10-20(26)34-18(15)8-9-29(13)22(31)16-11-17(14-6-7-14)30-21(27-16)12-19(28-30)25-32-23(2,3)24(4,5)33-25/h10-14H,6-9H2,1-5H3. The molecule has 0 bridgehead atoms. The third-order valence-electron chi connectivity index (χ3n) is 7.75. The number of halogens is 1. The second kappa shape index (κ2) is 7.35. The number of aromatic nitrogens is 3. The van der Waals surface area contributed by atoms with Crippen LogP contribution in [0.5, 0.6) is 0 Å². The van der Waals surface area contributed by atoms with E-state index in [2.05, 4.69) is 0 Å². The Hall–Kier alpha value is -2.30. The normalized spacial score (nSPS) is 23.5. The minimum absolute atomic E-state index is 0.132. The second-order valence-corrected chi connectivity index (χ2v) is 11.7. The van der Waals surface area contributed by atoms with E-state index in [1.165, 1.54) is 11.3 Å². The first-order valence-electron chi connectivity index (χ1n) is 11.9. The summed E-state index contributed by atoms with van der Waals surface area (Å²) < 4.78 is 28.0.